The Hall–Kier alpha value is -1.88. The van der Waals surface area contributed by atoms with E-state index in [0.717, 1.165) is 5.56 Å². The Morgan fingerprint density at radius 2 is 1.81 bits per heavy atom. The average molecular weight is 292 g/mol. The normalized spacial score (nSPS) is 11.1. The van der Waals surface area contributed by atoms with Gasteiger partial charge in [-0.15, -0.1) is 0 Å². The van der Waals surface area contributed by atoms with E-state index in [1.165, 1.54) is 0 Å². The van der Waals surface area contributed by atoms with Gasteiger partial charge in [-0.3, -0.25) is 9.59 Å². The highest BCUT2D eigenvalue weighted by Gasteiger charge is 2.13. The molecule has 0 aliphatic carbocycles. The van der Waals surface area contributed by atoms with Gasteiger partial charge in [0.15, 0.2) is 0 Å². The third-order valence-corrected chi connectivity index (χ3v) is 2.75. The Kier molecular flexibility index (Phi) is 5.90. The summed E-state index contributed by atoms with van der Waals surface area (Å²) in [6, 6.07) is 5.41. The van der Waals surface area contributed by atoms with E-state index in [1.54, 1.807) is 13.0 Å². The number of benzene rings is 1. The minimum absolute atomic E-state index is 0.00547. The van der Waals surface area contributed by atoms with Gasteiger partial charge in [0, 0.05) is 17.8 Å². The molecule has 116 valence electrons. The Balaban J connectivity index is 2.71. The molecule has 0 spiro atoms. The van der Waals surface area contributed by atoms with Crippen molar-refractivity contribution in [2.24, 2.45) is 0 Å². The standard InChI is InChI=1S/C16H24N2O3/c1-6-14(19)17-12-8-7-11(2)13(9-12)18-15(20)10-21-16(3,4)5/h7-9H,6,10H2,1-5H3,(H,17,19)(H,18,20). The van der Waals surface area contributed by atoms with Gasteiger partial charge < -0.3 is 15.4 Å². The minimum atomic E-state index is -0.358. The van der Waals surface area contributed by atoms with Crippen molar-refractivity contribution >= 4 is 23.2 Å². The summed E-state index contributed by atoms with van der Waals surface area (Å²) in [5, 5.41) is 5.57. The van der Waals surface area contributed by atoms with Crippen molar-refractivity contribution in [3.05, 3.63) is 23.8 Å². The number of aryl methyl sites for hydroxylation is 1. The van der Waals surface area contributed by atoms with E-state index in [1.807, 2.05) is 39.8 Å². The summed E-state index contributed by atoms with van der Waals surface area (Å²) in [4.78, 5) is 23.3. The fourth-order valence-electron chi connectivity index (χ4n) is 1.55. The van der Waals surface area contributed by atoms with Crippen LogP contribution in [0.25, 0.3) is 0 Å². The van der Waals surface area contributed by atoms with Crippen molar-refractivity contribution in [2.75, 3.05) is 17.2 Å². The monoisotopic (exact) mass is 292 g/mol. The summed E-state index contributed by atoms with van der Waals surface area (Å²) in [6.45, 7) is 9.36. The maximum atomic E-state index is 11.9. The fraction of sp³-hybridized carbons (Fsp3) is 0.500. The Bertz CT molecular complexity index is 519. The second kappa shape index (κ2) is 7.22. The van der Waals surface area contributed by atoms with Gasteiger partial charge in [-0.05, 0) is 45.4 Å². The highest BCUT2D eigenvalue weighted by molar-refractivity contribution is 5.95. The number of ether oxygens (including phenoxy) is 1. The quantitative estimate of drug-likeness (QED) is 0.876. The first-order chi connectivity index (χ1) is 9.71. The summed E-state index contributed by atoms with van der Waals surface area (Å²) in [7, 11) is 0. The summed E-state index contributed by atoms with van der Waals surface area (Å²) in [5.41, 5.74) is 1.91. The molecule has 1 aromatic rings. The van der Waals surface area contributed by atoms with Gasteiger partial charge in [0.05, 0.1) is 5.60 Å². The van der Waals surface area contributed by atoms with Crippen LogP contribution in [0, 0.1) is 6.92 Å². The molecule has 0 aromatic heterocycles. The molecule has 2 N–H and O–H groups in total. The van der Waals surface area contributed by atoms with Gasteiger partial charge in [0.1, 0.15) is 6.61 Å². The molecule has 0 heterocycles. The van der Waals surface area contributed by atoms with E-state index in [0.29, 0.717) is 17.8 Å². The van der Waals surface area contributed by atoms with E-state index >= 15 is 0 Å². The second-order valence-electron chi connectivity index (χ2n) is 5.88. The van der Waals surface area contributed by atoms with Crippen LogP contribution in [-0.4, -0.2) is 24.0 Å². The lowest BCUT2D eigenvalue weighted by molar-refractivity contribution is -0.125. The summed E-state index contributed by atoms with van der Waals surface area (Å²) in [6.07, 6.45) is 0.412. The zero-order chi connectivity index (χ0) is 16.0. The smallest absolute Gasteiger partial charge is 0.250 e. The molecule has 0 bridgehead atoms. The van der Waals surface area contributed by atoms with E-state index in [4.69, 9.17) is 4.74 Å². The topological polar surface area (TPSA) is 67.4 Å². The van der Waals surface area contributed by atoms with Gasteiger partial charge in [0.2, 0.25) is 11.8 Å². The van der Waals surface area contributed by atoms with Crippen LogP contribution < -0.4 is 10.6 Å². The zero-order valence-electron chi connectivity index (χ0n) is 13.4. The maximum absolute atomic E-state index is 11.9. The Morgan fingerprint density at radius 3 is 2.38 bits per heavy atom. The van der Waals surface area contributed by atoms with Gasteiger partial charge >= 0.3 is 0 Å². The molecule has 2 amide bonds. The first-order valence-corrected chi connectivity index (χ1v) is 7.05. The van der Waals surface area contributed by atoms with Crippen molar-refractivity contribution in [1.82, 2.24) is 0 Å². The first kappa shape index (κ1) is 17.2. The van der Waals surface area contributed by atoms with Crippen LogP contribution in [0.5, 0.6) is 0 Å². The van der Waals surface area contributed by atoms with Crippen LogP contribution in [0.1, 0.15) is 39.7 Å². The third kappa shape index (κ3) is 6.40. The third-order valence-electron chi connectivity index (χ3n) is 2.75. The van der Waals surface area contributed by atoms with E-state index in [9.17, 15) is 9.59 Å². The number of amides is 2. The molecular formula is C16H24N2O3. The van der Waals surface area contributed by atoms with E-state index in [-0.39, 0.29) is 24.0 Å². The lowest BCUT2D eigenvalue weighted by Crippen LogP contribution is -2.27. The lowest BCUT2D eigenvalue weighted by atomic mass is 10.1. The minimum Gasteiger partial charge on any atom is -0.366 e. The van der Waals surface area contributed by atoms with E-state index in [2.05, 4.69) is 10.6 Å². The van der Waals surface area contributed by atoms with Gasteiger partial charge in [0.25, 0.3) is 0 Å². The summed E-state index contributed by atoms with van der Waals surface area (Å²) < 4.78 is 5.43. The van der Waals surface area contributed by atoms with Crippen LogP contribution in [-0.2, 0) is 14.3 Å². The van der Waals surface area contributed by atoms with E-state index < -0.39 is 0 Å². The molecule has 1 aromatic carbocycles. The SMILES string of the molecule is CCC(=O)Nc1ccc(C)c(NC(=O)COC(C)(C)C)c1. The van der Waals surface area contributed by atoms with Crippen molar-refractivity contribution in [3.63, 3.8) is 0 Å². The molecule has 21 heavy (non-hydrogen) atoms. The number of nitrogens with one attached hydrogen (secondary N) is 2. The highest BCUT2D eigenvalue weighted by Crippen LogP contribution is 2.20. The fourth-order valence-corrected chi connectivity index (χ4v) is 1.55. The molecule has 5 nitrogen and oxygen atoms in total. The molecule has 0 aliphatic rings. The molecule has 0 atom stereocenters. The van der Waals surface area contributed by atoms with Crippen molar-refractivity contribution in [1.29, 1.82) is 0 Å². The van der Waals surface area contributed by atoms with Gasteiger partial charge in [-0.1, -0.05) is 13.0 Å². The number of carbonyl (C=O) groups is 2. The van der Waals surface area contributed by atoms with Crippen LogP contribution in [0.4, 0.5) is 11.4 Å². The Labute approximate surface area is 126 Å². The zero-order valence-corrected chi connectivity index (χ0v) is 13.4. The maximum Gasteiger partial charge on any atom is 0.250 e. The predicted octanol–water partition coefficient (Wildman–Crippen LogP) is 3.10. The number of carbonyl (C=O) groups excluding carboxylic acids is 2. The van der Waals surface area contributed by atoms with Crippen LogP contribution in [0.2, 0.25) is 0 Å². The molecule has 5 heteroatoms. The van der Waals surface area contributed by atoms with Gasteiger partial charge in [-0.25, -0.2) is 0 Å². The van der Waals surface area contributed by atoms with Crippen LogP contribution in [0.3, 0.4) is 0 Å². The van der Waals surface area contributed by atoms with Crippen LogP contribution >= 0.6 is 0 Å². The molecule has 0 fully saturated rings. The van der Waals surface area contributed by atoms with Crippen molar-refractivity contribution in [2.45, 2.75) is 46.6 Å². The largest absolute Gasteiger partial charge is 0.366 e. The molecule has 0 aliphatic heterocycles. The Morgan fingerprint density at radius 1 is 1.14 bits per heavy atom. The predicted molar refractivity (Wildman–Crippen MR) is 84.4 cm³/mol. The van der Waals surface area contributed by atoms with Gasteiger partial charge in [-0.2, -0.15) is 0 Å². The first-order valence-electron chi connectivity index (χ1n) is 7.05. The molecule has 1 rings (SSSR count). The number of anilines is 2. The number of hydrogen-bond acceptors (Lipinski definition) is 3. The van der Waals surface area contributed by atoms with Crippen LogP contribution in [0.15, 0.2) is 18.2 Å². The molecule has 0 saturated carbocycles. The second-order valence-corrected chi connectivity index (χ2v) is 5.88. The molecule has 0 saturated heterocycles. The number of rotatable bonds is 5. The number of hydrogen-bond donors (Lipinski definition) is 2. The highest BCUT2D eigenvalue weighted by atomic mass is 16.5. The lowest BCUT2D eigenvalue weighted by Gasteiger charge is -2.19. The average Bonchev–Trinajstić information content (AvgIpc) is 2.39. The summed E-state index contributed by atoms with van der Waals surface area (Å²) in [5.74, 6) is -0.279. The molecular weight excluding hydrogens is 268 g/mol. The van der Waals surface area contributed by atoms with Crippen molar-refractivity contribution < 1.29 is 14.3 Å². The molecule has 0 unspecified atom stereocenters. The van der Waals surface area contributed by atoms with Crippen molar-refractivity contribution in [3.8, 4) is 0 Å². The summed E-state index contributed by atoms with van der Waals surface area (Å²) >= 11 is 0. The molecule has 0 radical (unpaired) electrons.